The van der Waals surface area contributed by atoms with Crippen LogP contribution in [-0.2, 0) is 16.0 Å². The van der Waals surface area contributed by atoms with E-state index in [-0.39, 0.29) is 18.4 Å². The number of hydrogen-bond donors (Lipinski definition) is 1. The van der Waals surface area contributed by atoms with E-state index in [0.717, 1.165) is 28.8 Å². The Morgan fingerprint density at radius 3 is 2.60 bits per heavy atom. The summed E-state index contributed by atoms with van der Waals surface area (Å²) in [6.07, 6.45) is 4.09. The molecule has 4 nitrogen and oxygen atoms in total. The highest BCUT2D eigenvalue weighted by Gasteiger charge is 2.11. The highest BCUT2D eigenvalue weighted by atomic mass is 16.2. The Balaban J connectivity index is 1.93. The highest BCUT2D eigenvalue weighted by molar-refractivity contribution is 5.98. The van der Waals surface area contributed by atoms with Crippen LogP contribution < -0.4 is 5.32 Å². The van der Waals surface area contributed by atoms with Crippen LogP contribution in [0.2, 0.25) is 0 Å². The van der Waals surface area contributed by atoms with Crippen molar-refractivity contribution in [1.29, 1.82) is 0 Å². The first-order valence-electron chi connectivity index (χ1n) is 8.37. The molecule has 0 aliphatic heterocycles. The fraction of sp³-hybridized carbons (Fsp3) is 0.238. The molecule has 0 heterocycles. The van der Waals surface area contributed by atoms with Gasteiger partial charge in [0.05, 0.1) is 6.54 Å². The second-order valence-corrected chi connectivity index (χ2v) is 6.00. The summed E-state index contributed by atoms with van der Waals surface area (Å²) >= 11 is 0. The third-order valence-corrected chi connectivity index (χ3v) is 3.89. The molecule has 130 valence electrons. The zero-order valence-corrected chi connectivity index (χ0v) is 15.0. The maximum Gasteiger partial charge on any atom is 0.246 e. The van der Waals surface area contributed by atoms with Crippen LogP contribution in [-0.4, -0.2) is 30.3 Å². The van der Waals surface area contributed by atoms with Crippen molar-refractivity contribution in [3.8, 4) is 0 Å². The maximum absolute atomic E-state index is 12.2. The number of carbonyl (C=O) groups is 2. The van der Waals surface area contributed by atoms with Crippen LogP contribution in [0.15, 0.2) is 54.6 Å². The number of rotatable bonds is 6. The summed E-state index contributed by atoms with van der Waals surface area (Å²) in [7, 11) is 1.62. The predicted octanol–water partition coefficient (Wildman–Crippen LogP) is 3.67. The molecule has 0 aromatic heterocycles. The topological polar surface area (TPSA) is 49.4 Å². The predicted molar refractivity (Wildman–Crippen MR) is 102 cm³/mol. The molecule has 0 aliphatic rings. The van der Waals surface area contributed by atoms with Gasteiger partial charge in [-0.1, -0.05) is 55.0 Å². The number of benzene rings is 2. The molecule has 0 saturated heterocycles. The molecule has 0 spiro atoms. The van der Waals surface area contributed by atoms with Crippen LogP contribution in [0, 0.1) is 6.92 Å². The van der Waals surface area contributed by atoms with Crippen molar-refractivity contribution in [2.45, 2.75) is 20.3 Å². The number of carbonyl (C=O) groups excluding carboxylic acids is 2. The number of likely N-dealkylation sites (N-methyl/N-ethyl adjacent to an activating group) is 1. The molecule has 0 radical (unpaired) electrons. The van der Waals surface area contributed by atoms with Gasteiger partial charge in [0.1, 0.15) is 0 Å². The van der Waals surface area contributed by atoms with Crippen LogP contribution in [0.4, 0.5) is 5.69 Å². The Bertz CT molecular complexity index is 781. The van der Waals surface area contributed by atoms with Crippen LogP contribution >= 0.6 is 0 Å². The van der Waals surface area contributed by atoms with Crippen LogP contribution in [0.1, 0.15) is 23.6 Å². The molecule has 0 aliphatic carbocycles. The number of aryl methyl sites for hydroxylation is 2. The summed E-state index contributed by atoms with van der Waals surface area (Å²) < 4.78 is 0. The summed E-state index contributed by atoms with van der Waals surface area (Å²) in [5, 5.41) is 2.87. The Kier molecular flexibility index (Phi) is 6.52. The number of hydrogen-bond acceptors (Lipinski definition) is 2. The van der Waals surface area contributed by atoms with E-state index in [9.17, 15) is 9.59 Å². The third-order valence-electron chi connectivity index (χ3n) is 3.89. The van der Waals surface area contributed by atoms with Gasteiger partial charge in [0.2, 0.25) is 11.8 Å². The third kappa shape index (κ3) is 5.60. The Hall–Kier alpha value is -2.88. The Morgan fingerprint density at radius 2 is 1.88 bits per heavy atom. The lowest BCUT2D eigenvalue weighted by Gasteiger charge is -2.16. The van der Waals surface area contributed by atoms with E-state index in [1.807, 2.05) is 62.4 Å². The molecule has 1 N–H and O–H groups in total. The lowest BCUT2D eigenvalue weighted by atomic mass is 10.1. The van der Waals surface area contributed by atoms with Gasteiger partial charge in [0, 0.05) is 18.8 Å². The summed E-state index contributed by atoms with van der Waals surface area (Å²) in [6, 6.07) is 15.6. The zero-order valence-electron chi connectivity index (χ0n) is 15.0. The Morgan fingerprint density at radius 1 is 1.12 bits per heavy atom. The minimum Gasteiger partial charge on any atom is -0.333 e. The number of amides is 2. The van der Waals surface area contributed by atoms with Crippen LogP contribution in [0.3, 0.4) is 0 Å². The highest BCUT2D eigenvalue weighted by Crippen LogP contribution is 2.15. The molecule has 4 heteroatoms. The molecule has 25 heavy (non-hydrogen) atoms. The van der Waals surface area contributed by atoms with E-state index in [0.29, 0.717) is 0 Å². The molecular weight excluding hydrogens is 312 g/mol. The average molecular weight is 336 g/mol. The number of para-hydroxylation sites is 1. The average Bonchev–Trinajstić information content (AvgIpc) is 2.60. The van der Waals surface area contributed by atoms with E-state index >= 15 is 0 Å². The lowest BCUT2D eigenvalue weighted by molar-refractivity contribution is -0.129. The molecular formula is C21H24N2O2. The summed E-state index contributed by atoms with van der Waals surface area (Å²) in [6.45, 7) is 4.05. The zero-order chi connectivity index (χ0) is 18.2. The van der Waals surface area contributed by atoms with Gasteiger partial charge >= 0.3 is 0 Å². The van der Waals surface area contributed by atoms with E-state index in [2.05, 4.69) is 5.32 Å². The Labute approximate surface area is 149 Å². The van der Waals surface area contributed by atoms with Crippen molar-refractivity contribution in [3.63, 3.8) is 0 Å². The summed E-state index contributed by atoms with van der Waals surface area (Å²) in [5.74, 6) is -0.416. The second kappa shape index (κ2) is 8.83. The largest absolute Gasteiger partial charge is 0.333 e. The van der Waals surface area contributed by atoms with Crippen LogP contribution in [0.5, 0.6) is 0 Å². The number of nitrogens with zero attached hydrogens (tertiary/aromatic N) is 1. The molecule has 0 atom stereocenters. The van der Waals surface area contributed by atoms with Crippen molar-refractivity contribution in [2.24, 2.45) is 0 Å². The maximum atomic E-state index is 12.2. The minimum absolute atomic E-state index is 0.00897. The lowest BCUT2D eigenvalue weighted by Crippen LogP contribution is -2.34. The minimum atomic E-state index is -0.208. The normalized spacial score (nSPS) is 10.7. The monoisotopic (exact) mass is 336 g/mol. The van der Waals surface area contributed by atoms with E-state index in [4.69, 9.17) is 0 Å². The van der Waals surface area contributed by atoms with Crippen molar-refractivity contribution >= 4 is 23.6 Å². The van der Waals surface area contributed by atoms with Gasteiger partial charge in [-0.2, -0.15) is 0 Å². The second-order valence-electron chi connectivity index (χ2n) is 6.00. The molecule has 2 rings (SSSR count). The fourth-order valence-corrected chi connectivity index (χ4v) is 2.50. The summed E-state index contributed by atoms with van der Waals surface area (Å²) in [5.41, 5.74) is 3.97. The number of anilines is 1. The molecule has 2 aromatic rings. The molecule has 2 aromatic carbocycles. The first-order valence-corrected chi connectivity index (χ1v) is 8.37. The fourth-order valence-electron chi connectivity index (χ4n) is 2.50. The van der Waals surface area contributed by atoms with Gasteiger partial charge in [-0.25, -0.2) is 0 Å². The van der Waals surface area contributed by atoms with E-state index < -0.39 is 0 Å². The van der Waals surface area contributed by atoms with E-state index in [1.165, 1.54) is 11.0 Å². The van der Waals surface area contributed by atoms with Crippen molar-refractivity contribution in [2.75, 3.05) is 18.9 Å². The van der Waals surface area contributed by atoms with Crippen molar-refractivity contribution in [1.82, 2.24) is 4.90 Å². The smallest absolute Gasteiger partial charge is 0.246 e. The molecule has 2 amide bonds. The van der Waals surface area contributed by atoms with Gasteiger partial charge in [-0.15, -0.1) is 0 Å². The SMILES string of the molecule is CCc1ccccc1NC(=O)CN(C)C(=O)C=Cc1cccc(C)c1. The van der Waals surface area contributed by atoms with Gasteiger partial charge < -0.3 is 10.2 Å². The molecule has 0 unspecified atom stereocenters. The quantitative estimate of drug-likeness (QED) is 0.818. The van der Waals surface area contributed by atoms with Crippen molar-refractivity contribution in [3.05, 3.63) is 71.3 Å². The summed E-state index contributed by atoms with van der Waals surface area (Å²) in [4.78, 5) is 25.8. The van der Waals surface area contributed by atoms with Gasteiger partial charge in [0.15, 0.2) is 0 Å². The molecule has 0 fully saturated rings. The van der Waals surface area contributed by atoms with Crippen LogP contribution in [0.25, 0.3) is 6.08 Å². The molecule has 0 bridgehead atoms. The van der Waals surface area contributed by atoms with E-state index in [1.54, 1.807) is 13.1 Å². The van der Waals surface area contributed by atoms with Gasteiger partial charge in [0.25, 0.3) is 0 Å². The standard InChI is InChI=1S/C21H24N2O2/c1-4-18-10-5-6-11-19(18)22-20(24)15-23(3)21(25)13-12-17-9-7-8-16(2)14-17/h5-14H,4,15H2,1-3H3,(H,22,24). The first-order chi connectivity index (χ1) is 12.0. The molecule has 0 saturated carbocycles. The van der Waals surface area contributed by atoms with Gasteiger partial charge in [-0.3, -0.25) is 9.59 Å². The van der Waals surface area contributed by atoms with Crippen molar-refractivity contribution < 1.29 is 9.59 Å². The number of nitrogens with one attached hydrogen (secondary N) is 1. The van der Waals surface area contributed by atoms with Gasteiger partial charge in [-0.05, 0) is 36.6 Å². The first kappa shape index (κ1) is 18.5.